The van der Waals surface area contributed by atoms with E-state index in [1.54, 1.807) is 0 Å². The summed E-state index contributed by atoms with van der Waals surface area (Å²) in [7, 11) is 5.30. The first-order valence-electron chi connectivity index (χ1n) is 25.0. The highest BCUT2D eigenvalue weighted by atomic mass is 16.5. The number of hydrogen-bond acceptors (Lipinski definition) is 15. The van der Waals surface area contributed by atoms with Crippen LogP contribution in [0.4, 0.5) is 22.7 Å². The van der Waals surface area contributed by atoms with Gasteiger partial charge in [0, 0.05) is 49.3 Å². The number of hydrogen-bond donors (Lipinski definition) is 17. The zero-order chi connectivity index (χ0) is 59.8. The van der Waals surface area contributed by atoms with Gasteiger partial charge in [0.15, 0.2) is 17.9 Å². The maximum Gasteiger partial charge on any atom is 0.255 e. The SMILES string of the molecule is COc1ccc(NC(=O)[C@H](CCCNC(=N)N)NC(=O)c2cc(NC(=O)[C@H](CCCNC(=N)N)NC(=O)c3cc(NC(=O)[C@H](CCCNC(=N)N)NC(=O)c4cc(NC(C)=O)ccc4OC)ccc3OC)ccc2OC)cc1C(N)=O. The summed E-state index contributed by atoms with van der Waals surface area (Å²) in [6.07, 6.45) is 0.746. The summed E-state index contributed by atoms with van der Waals surface area (Å²) in [4.78, 5) is 108. The molecule has 29 nitrogen and oxygen atoms in total. The van der Waals surface area contributed by atoms with Crippen LogP contribution in [0.1, 0.15) is 86.9 Å². The number of methoxy groups -OCH3 is 4. The second-order valence-electron chi connectivity index (χ2n) is 17.7. The molecular formula is C52H69N17O12. The van der Waals surface area contributed by atoms with Crippen LogP contribution in [0, 0.1) is 16.2 Å². The van der Waals surface area contributed by atoms with Crippen LogP contribution in [-0.4, -0.2) is 131 Å². The highest BCUT2D eigenvalue weighted by Crippen LogP contribution is 2.28. The highest BCUT2D eigenvalue weighted by Gasteiger charge is 2.29. The summed E-state index contributed by atoms with van der Waals surface area (Å²) in [6.45, 7) is 1.78. The van der Waals surface area contributed by atoms with Gasteiger partial charge in [-0.15, -0.1) is 0 Å². The van der Waals surface area contributed by atoms with E-state index in [9.17, 15) is 38.4 Å². The van der Waals surface area contributed by atoms with E-state index in [0.717, 1.165) is 0 Å². The number of nitrogens with one attached hydrogen (secondary N) is 13. The molecule has 81 heavy (non-hydrogen) atoms. The van der Waals surface area contributed by atoms with E-state index in [-0.39, 0.29) is 144 Å². The lowest BCUT2D eigenvalue weighted by Crippen LogP contribution is -2.45. The minimum atomic E-state index is -1.30. The number of nitrogens with two attached hydrogens (primary N) is 4. The quantitative estimate of drug-likeness (QED) is 0.0195. The van der Waals surface area contributed by atoms with E-state index < -0.39 is 59.5 Å². The molecular weight excluding hydrogens is 1050 g/mol. The summed E-state index contributed by atoms with van der Waals surface area (Å²) in [6, 6.07) is 13.1. The lowest BCUT2D eigenvalue weighted by Gasteiger charge is -2.22. The van der Waals surface area contributed by atoms with Gasteiger partial charge in [-0.3, -0.25) is 54.6 Å². The molecule has 0 unspecified atom stereocenters. The Labute approximate surface area is 465 Å². The lowest BCUT2D eigenvalue weighted by atomic mass is 10.1. The van der Waals surface area contributed by atoms with E-state index in [4.69, 9.17) is 58.1 Å². The number of carbonyl (C=O) groups is 8. The monoisotopic (exact) mass is 1120 g/mol. The molecule has 434 valence electrons. The van der Waals surface area contributed by atoms with E-state index >= 15 is 0 Å². The molecule has 0 heterocycles. The van der Waals surface area contributed by atoms with Gasteiger partial charge in [0.2, 0.25) is 23.6 Å². The van der Waals surface area contributed by atoms with E-state index in [1.165, 1.54) is 108 Å². The molecule has 4 aromatic carbocycles. The number of primary amides is 1. The normalized spacial score (nSPS) is 11.6. The Morgan fingerprint density at radius 3 is 0.926 bits per heavy atom. The average molecular weight is 1120 g/mol. The summed E-state index contributed by atoms with van der Waals surface area (Å²) in [5, 5.41) is 49.3. The molecule has 0 bridgehead atoms. The number of benzene rings is 4. The van der Waals surface area contributed by atoms with E-state index in [1.807, 2.05) is 0 Å². The van der Waals surface area contributed by atoms with Crippen molar-refractivity contribution in [2.45, 2.75) is 63.6 Å². The number of guanidine groups is 3. The van der Waals surface area contributed by atoms with Crippen LogP contribution in [0.3, 0.4) is 0 Å². The Morgan fingerprint density at radius 1 is 0.420 bits per heavy atom. The third kappa shape index (κ3) is 19.9. The Bertz CT molecular complexity index is 2990. The molecule has 0 aromatic heterocycles. The first-order valence-corrected chi connectivity index (χ1v) is 25.0. The van der Waals surface area contributed by atoms with Gasteiger partial charge in [0.25, 0.3) is 23.6 Å². The smallest absolute Gasteiger partial charge is 0.255 e. The zero-order valence-electron chi connectivity index (χ0n) is 45.2. The molecule has 0 fully saturated rings. The minimum absolute atomic E-state index is 0.00792. The molecule has 29 heteroatoms. The second kappa shape index (κ2) is 31.2. The fourth-order valence-corrected chi connectivity index (χ4v) is 7.86. The maximum absolute atomic E-state index is 14.3. The summed E-state index contributed by atoms with van der Waals surface area (Å²) < 4.78 is 21.5. The molecule has 0 aliphatic heterocycles. The van der Waals surface area contributed by atoms with Gasteiger partial charge in [-0.2, -0.15) is 0 Å². The van der Waals surface area contributed by atoms with Crippen LogP contribution in [-0.2, 0) is 19.2 Å². The number of ether oxygens (including phenoxy) is 4. The molecule has 0 spiro atoms. The number of rotatable bonds is 30. The predicted octanol–water partition coefficient (Wildman–Crippen LogP) is 0.779. The highest BCUT2D eigenvalue weighted by molar-refractivity contribution is 6.07. The van der Waals surface area contributed by atoms with Crippen LogP contribution < -0.4 is 95.1 Å². The lowest BCUT2D eigenvalue weighted by molar-refractivity contribution is -0.118. The van der Waals surface area contributed by atoms with Crippen molar-refractivity contribution in [3.8, 4) is 23.0 Å². The molecule has 0 aliphatic carbocycles. The van der Waals surface area contributed by atoms with Crippen molar-refractivity contribution in [2.24, 2.45) is 22.9 Å². The van der Waals surface area contributed by atoms with Crippen LogP contribution in [0.25, 0.3) is 0 Å². The van der Waals surface area contributed by atoms with E-state index in [0.29, 0.717) is 5.69 Å². The Morgan fingerprint density at radius 2 is 0.679 bits per heavy atom. The predicted molar refractivity (Wildman–Crippen MR) is 302 cm³/mol. The van der Waals surface area contributed by atoms with Gasteiger partial charge in [-0.1, -0.05) is 0 Å². The summed E-state index contributed by atoms with van der Waals surface area (Å²) >= 11 is 0. The number of anilines is 4. The van der Waals surface area contributed by atoms with Gasteiger partial charge >= 0.3 is 0 Å². The van der Waals surface area contributed by atoms with Gasteiger partial charge in [0.1, 0.15) is 41.1 Å². The Kier molecular flexibility index (Phi) is 24.3. The maximum atomic E-state index is 14.3. The third-order valence-corrected chi connectivity index (χ3v) is 11.7. The zero-order valence-corrected chi connectivity index (χ0v) is 45.2. The van der Waals surface area contributed by atoms with Gasteiger partial charge < -0.3 is 95.1 Å². The first kappa shape index (κ1) is 63.2. The first-order chi connectivity index (χ1) is 38.6. The van der Waals surface area contributed by atoms with E-state index in [2.05, 4.69) is 53.2 Å². The average Bonchev–Trinajstić information content (AvgIpc) is 3.43. The molecule has 4 rings (SSSR count). The molecule has 0 aliphatic rings. The van der Waals surface area contributed by atoms with Gasteiger partial charge in [-0.05, 0) is 111 Å². The van der Waals surface area contributed by atoms with Crippen LogP contribution in [0.15, 0.2) is 72.8 Å². The standard InChI is InChI=1S/C52H69N17O12/c1-27(70)63-28-12-17-40(79-3)33(24-28)44(72)67-37(10-7-21-61-51(56)57)48(76)65-30-14-19-42(81-5)35(26-30)46(74)69-38(11-8-22-62-52(58)59)49(77)66-31-15-18-41(80-4)34(25-31)45(73)68-36(9-6-20-60-50(54)55)47(75)64-29-13-16-39(78-2)32(23-29)43(53)71/h12-19,23-26,36-38H,6-11,20-22H2,1-5H3,(H2,53,71)(H,63,70)(H,64,75)(H,65,76)(H,66,77)(H,67,72)(H,68,73)(H,69,74)(H4,54,55,60)(H4,56,57,61)(H4,58,59,62)/t36-,37-,38-/m0/s1. The molecule has 4 aromatic rings. The largest absolute Gasteiger partial charge is 0.496 e. The van der Waals surface area contributed by atoms with Crippen molar-refractivity contribution in [2.75, 3.05) is 69.3 Å². The van der Waals surface area contributed by atoms with Crippen molar-refractivity contribution >= 4 is 87.9 Å². The van der Waals surface area contributed by atoms with Crippen LogP contribution in [0.2, 0.25) is 0 Å². The van der Waals surface area contributed by atoms with Crippen molar-refractivity contribution in [1.29, 1.82) is 16.2 Å². The summed E-state index contributed by atoms with van der Waals surface area (Å²) in [5.41, 5.74) is 22.2. The third-order valence-electron chi connectivity index (χ3n) is 11.7. The van der Waals surface area contributed by atoms with Crippen LogP contribution in [0.5, 0.6) is 23.0 Å². The molecule has 0 radical (unpaired) electrons. The van der Waals surface area contributed by atoms with Crippen molar-refractivity contribution in [1.82, 2.24) is 31.9 Å². The fourth-order valence-electron chi connectivity index (χ4n) is 7.86. The molecule has 21 N–H and O–H groups in total. The van der Waals surface area contributed by atoms with Crippen LogP contribution >= 0.6 is 0 Å². The molecule has 0 saturated heterocycles. The van der Waals surface area contributed by atoms with Gasteiger partial charge in [-0.25, -0.2) is 0 Å². The Hall–Kier alpha value is -10.4. The van der Waals surface area contributed by atoms with Gasteiger partial charge in [0.05, 0.1) is 50.7 Å². The van der Waals surface area contributed by atoms with Crippen molar-refractivity contribution < 1.29 is 57.3 Å². The number of carbonyl (C=O) groups excluding carboxylic acids is 8. The van der Waals surface area contributed by atoms with Crippen molar-refractivity contribution in [3.05, 3.63) is 95.1 Å². The topological polar surface area (TPSA) is 469 Å². The second-order valence-corrected chi connectivity index (χ2v) is 17.7. The molecule has 0 saturated carbocycles. The Balaban J connectivity index is 1.60. The fraction of sp³-hybridized carbons (Fsp3) is 0.327. The molecule has 8 amide bonds. The minimum Gasteiger partial charge on any atom is -0.496 e. The summed E-state index contributed by atoms with van der Waals surface area (Å²) in [5.74, 6) is -6.23. The molecule has 3 atom stereocenters. The number of amides is 8. The van der Waals surface area contributed by atoms with Crippen molar-refractivity contribution in [3.63, 3.8) is 0 Å².